The molecule has 0 aliphatic rings. The van der Waals surface area contributed by atoms with Gasteiger partial charge in [-0.1, -0.05) is 12.1 Å². The number of hydrogen-bond acceptors (Lipinski definition) is 6. The van der Waals surface area contributed by atoms with Crippen molar-refractivity contribution in [2.24, 2.45) is 0 Å². The van der Waals surface area contributed by atoms with Crippen molar-refractivity contribution < 1.29 is 14.1 Å². The number of nitro groups is 1. The Morgan fingerprint density at radius 3 is 2.60 bits per heavy atom. The largest absolute Gasteiger partial charge is 0.423 e. The number of nitrogens with one attached hydrogen (secondary N) is 1. The van der Waals surface area contributed by atoms with E-state index >= 15 is 0 Å². The number of rotatable bonds is 4. The van der Waals surface area contributed by atoms with Gasteiger partial charge in [0.2, 0.25) is 12.3 Å². The molecular weight excluding hydrogens is 324 g/mol. The topological polar surface area (TPSA) is 111 Å². The minimum Gasteiger partial charge on any atom is -0.423 e. The summed E-state index contributed by atoms with van der Waals surface area (Å²) in [6, 6.07) is 9.69. The molecule has 1 N–H and O–H groups in total. The van der Waals surface area contributed by atoms with E-state index in [0.717, 1.165) is 5.56 Å². The summed E-state index contributed by atoms with van der Waals surface area (Å²) in [5.74, 6) is -0.102. The minimum absolute atomic E-state index is 0.0935. The van der Waals surface area contributed by atoms with E-state index in [1.165, 1.54) is 12.5 Å². The summed E-state index contributed by atoms with van der Waals surface area (Å²) in [6.07, 6.45) is 1.22. The number of benzene rings is 2. The highest BCUT2D eigenvalue weighted by molar-refractivity contribution is 6.05. The molecule has 1 amide bonds. The average molecular weight is 338 g/mol. The molecule has 0 saturated carbocycles. The van der Waals surface area contributed by atoms with E-state index < -0.39 is 10.8 Å². The van der Waals surface area contributed by atoms with Crippen LogP contribution in [0.15, 0.2) is 47.2 Å². The second kappa shape index (κ2) is 6.52. The van der Waals surface area contributed by atoms with Crippen LogP contribution < -0.4 is 5.32 Å². The number of anilines is 1. The number of amides is 1. The van der Waals surface area contributed by atoms with Crippen LogP contribution in [0.4, 0.5) is 11.4 Å². The average Bonchev–Trinajstić information content (AvgIpc) is 3.11. The van der Waals surface area contributed by atoms with Crippen molar-refractivity contribution in [1.29, 1.82) is 0 Å². The van der Waals surface area contributed by atoms with Crippen LogP contribution >= 0.6 is 0 Å². The number of nitro benzene ring substituents is 1. The van der Waals surface area contributed by atoms with Crippen molar-refractivity contribution in [2.75, 3.05) is 5.32 Å². The van der Waals surface area contributed by atoms with Crippen molar-refractivity contribution in [3.8, 4) is 11.5 Å². The molecule has 0 atom stereocenters. The van der Waals surface area contributed by atoms with E-state index in [1.54, 1.807) is 31.2 Å². The van der Waals surface area contributed by atoms with E-state index in [2.05, 4.69) is 15.5 Å². The van der Waals surface area contributed by atoms with Gasteiger partial charge < -0.3 is 9.73 Å². The molecule has 0 spiro atoms. The number of carbonyl (C=O) groups is 1. The summed E-state index contributed by atoms with van der Waals surface area (Å²) in [7, 11) is 0. The van der Waals surface area contributed by atoms with Gasteiger partial charge in [0.25, 0.3) is 11.6 Å². The molecule has 0 fully saturated rings. The van der Waals surface area contributed by atoms with Crippen LogP contribution in [-0.2, 0) is 0 Å². The standard InChI is InChI=1S/C17H14N4O4/c1-10-3-6-13(17-20-18-9-25-17)7-14(10)19-16(22)12-5-4-11(2)15(8-12)21(23)24/h3-9H,1-2H3,(H,19,22). The molecule has 1 aromatic heterocycles. The number of hydrogen-bond donors (Lipinski definition) is 1. The maximum Gasteiger partial charge on any atom is 0.273 e. The first-order valence-corrected chi connectivity index (χ1v) is 7.39. The third kappa shape index (κ3) is 3.37. The summed E-state index contributed by atoms with van der Waals surface area (Å²) in [5, 5.41) is 21.3. The fourth-order valence-electron chi connectivity index (χ4n) is 2.33. The van der Waals surface area contributed by atoms with Gasteiger partial charge in [0.05, 0.1) is 4.92 Å². The van der Waals surface area contributed by atoms with Crippen LogP contribution in [0.5, 0.6) is 0 Å². The maximum atomic E-state index is 12.5. The van der Waals surface area contributed by atoms with Gasteiger partial charge in [-0.15, -0.1) is 10.2 Å². The van der Waals surface area contributed by atoms with Gasteiger partial charge in [-0.2, -0.15) is 0 Å². The molecule has 0 aliphatic carbocycles. The first-order valence-electron chi connectivity index (χ1n) is 7.39. The Labute approximate surface area is 142 Å². The quantitative estimate of drug-likeness (QED) is 0.575. The number of carbonyl (C=O) groups excluding carboxylic acids is 1. The van der Waals surface area contributed by atoms with Gasteiger partial charge in [0.1, 0.15) is 0 Å². The number of nitrogens with zero attached hydrogens (tertiary/aromatic N) is 3. The third-order valence-electron chi connectivity index (χ3n) is 3.76. The summed E-state index contributed by atoms with van der Waals surface area (Å²) in [6.45, 7) is 3.46. The Hall–Kier alpha value is -3.55. The van der Waals surface area contributed by atoms with Gasteiger partial charge in [-0.25, -0.2) is 0 Å². The van der Waals surface area contributed by atoms with Crippen LogP contribution in [0, 0.1) is 24.0 Å². The molecule has 8 nitrogen and oxygen atoms in total. The fraction of sp³-hybridized carbons (Fsp3) is 0.118. The fourth-order valence-corrected chi connectivity index (χ4v) is 2.33. The first kappa shape index (κ1) is 16.3. The van der Waals surface area contributed by atoms with Crippen LogP contribution in [0.25, 0.3) is 11.5 Å². The Bertz CT molecular complexity index is 951. The summed E-state index contributed by atoms with van der Waals surface area (Å²) in [4.78, 5) is 23.0. The smallest absolute Gasteiger partial charge is 0.273 e. The molecule has 2 aromatic carbocycles. The van der Waals surface area contributed by atoms with Crippen molar-refractivity contribution >= 4 is 17.3 Å². The molecule has 8 heteroatoms. The maximum absolute atomic E-state index is 12.5. The molecule has 0 saturated heterocycles. The molecule has 3 rings (SSSR count). The van der Waals surface area contributed by atoms with Crippen molar-refractivity contribution in [1.82, 2.24) is 10.2 Å². The lowest BCUT2D eigenvalue weighted by Gasteiger charge is -2.10. The monoisotopic (exact) mass is 338 g/mol. The van der Waals surface area contributed by atoms with Crippen molar-refractivity contribution in [3.63, 3.8) is 0 Å². The predicted octanol–water partition coefficient (Wildman–Crippen LogP) is 3.51. The molecule has 0 bridgehead atoms. The van der Waals surface area contributed by atoms with Crippen LogP contribution in [0.3, 0.4) is 0 Å². The molecule has 0 radical (unpaired) electrons. The van der Waals surface area contributed by atoms with E-state index in [9.17, 15) is 14.9 Å². The SMILES string of the molecule is Cc1ccc(-c2nnco2)cc1NC(=O)c1ccc(C)c([N+](=O)[O-])c1. The molecule has 0 unspecified atom stereocenters. The van der Waals surface area contributed by atoms with Gasteiger partial charge in [0.15, 0.2) is 0 Å². The van der Waals surface area contributed by atoms with E-state index in [0.29, 0.717) is 22.7 Å². The summed E-state index contributed by atoms with van der Waals surface area (Å²) in [5.41, 5.74) is 2.66. The minimum atomic E-state index is -0.506. The zero-order valence-electron chi connectivity index (χ0n) is 13.5. The first-order chi connectivity index (χ1) is 12.0. The highest BCUT2D eigenvalue weighted by atomic mass is 16.6. The lowest BCUT2D eigenvalue weighted by atomic mass is 10.1. The highest BCUT2D eigenvalue weighted by Gasteiger charge is 2.16. The molecule has 0 aliphatic heterocycles. The van der Waals surface area contributed by atoms with Crippen LogP contribution in [-0.4, -0.2) is 21.0 Å². The molecule has 25 heavy (non-hydrogen) atoms. The predicted molar refractivity (Wildman–Crippen MR) is 90.3 cm³/mol. The van der Waals surface area contributed by atoms with E-state index in [1.807, 2.05) is 13.0 Å². The lowest BCUT2D eigenvalue weighted by molar-refractivity contribution is -0.385. The van der Waals surface area contributed by atoms with Crippen LogP contribution in [0.2, 0.25) is 0 Å². The normalized spacial score (nSPS) is 10.5. The number of aromatic nitrogens is 2. The second-order valence-electron chi connectivity index (χ2n) is 5.49. The van der Waals surface area contributed by atoms with E-state index in [4.69, 9.17) is 4.42 Å². The third-order valence-corrected chi connectivity index (χ3v) is 3.76. The highest BCUT2D eigenvalue weighted by Crippen LogP contribution is 2.25. The van der Waals surface area contributed by atoms with Gasteiger partial charge in [-0.05, 0) is 37.6 Å². The van der Waals surface area contributed by atoms with Gasteiger partial charge in [-0.3, -0.25) is 14.9 Å². The summed E-state index contributed by atoms with van der Waals surface area (Å²) < 4.78 is 5.15. The summed E-state index contributed by atoms with van der Waals surface area (Å²) >= 11 is 0. The Balaban J connectivity index is 1.90. The zero-order chi connectivity index (χ0) is 18.0. The molecular formula is C17H14N4O4. The number of aryl methyl sites for hydroxylation is 2. The molecule has 126 valence electrons. The Morgan fingerprint density at radius 2 is 1.92 bits per heavy atom. The van der Waals surface area contributed by atoms with Crippen molar-refractivity contribution in [2.45, 2.75) is 13.8 Å². The van der Waals surface area contributed by atoms with Crippen molar-refractivity contribution in [3.05, 3.63) is 69.6 Å². The molecule has 3 aromatic rings. The zero-order valence-corrected chi connectivity index (χ0v) is 13.5. The van der Waals surface area contributed by atoms with E-state index in [-0.39, 0.29) is 11.3 Å². The van der Waals surface area contributed by atoms with Gasteiger partial charge in [0, 0.05) is 28.4 Å². The second-order valence-corrected chi connectivity index (χ2v) is 5.49. The van der Waals surface area contributed by atoms with Gasteiger partial charge >= 0.3 is 0 Å². The Morgan fingerprint density at radius 1 is 1.16 bits per heavy atom. The Kier molecular flexibility index (Phi) is 4.25. The molecule has 1 heterocycles. The lowest BCUT2D eigenvalue weighted by Crippen LogP contribution is -2.13. The van der Waals surface area contributed by atoms with Crippen LogP contribution in [0.1, 0.15) is 21.5 Å².